The van der Waals surface area contributed by atoms with Crippen LogP contribution in [0.3, 0.4) is 0 Å². The van der Waals surface area contributed by atoms with Gasteiger partial charge in [0.2, 0.25) is 0 Å². The summed E-state index contributed by atoms with van der Waals surface area (Å²) in [6.45, 7) is 7.90. The van der Waals surface area contributed by atoms with Gasteiger partial charge in [0.25, 0.3) is 10.2 Å². The summed E-state index contributed by atoms with van der Waals surface area (Å²) in [4.78, 5) is 2.36. The van der Waals surface area contributed by atoms with Crippen molar-refractivity contribution in [3.8, 4) is 0 Å². The first kappa shape index (κ1) is 18.1. The SMILES string of the molecule is COCC1CCCN1S(=O)(=O)NC(C)(C)CN1CCCCC1. The Morgan fingerprint density at radius 1 is 1.14 bits per heavy atom. The number of nitrogens with zero attached hydrogens (tertiary/aromatic N) is 2. The van der Waals surface area contributed by atoms with E-state index in [0.29, 0.717) is 13.2 Å². The lowest BCUT2D eigenvalue weighted by Gasteiger charge is -2.36. The van der Waals surface area contributed by atoms with Crippen LogP contribution in [0.25, 0.3) is 0 Å². The van der Waals surface area contributed by atoms with Gasteiger partial charge in [-0.15, -0.1) is 0 Å². The normalized spacial score (nSPS) is 25.7. The molecule has 130 valence electrons. The van der Waals surface area contributed by atoms with Gasteiger partial charge in [-0.25, -0.2) is 0 Å². The molecule has 2 fully saturated rings. The molecule has 1 N–H and O–H groups in total. The maximum atomic E-state index is 12.7. The summed E-state index contributed by atoms with van der Waals surface area (Å²) >= 11 is 0. The van der Waals surface area contributed by atoms with Crippen LogP contribution in [0.1, 0.15) is 46.0 Å². The maximum absolute atomic E-state index is 12.7. The minimum Gasteiger partial charge on any atom is -0.383 e. The predicted molar refractivity (Wildman–Crippen MR) is 88.0 cm³/mol. The van der Waals surface area contributed by atoms with Crippen LogP contribution in [0.2, 0.25) is 0 Å². The Labute approximate surface area is 135 Å². The first-order valence-corrected chi connectivity index (χ1v) is 9.80. The van der Waals surface area contributed by atoms with Crippen LogP contribution < -0.4 is 4.72 Å². The van der Waals surface area contributed by atoms with Crippen molar-refractivity contribution in [1.82, 2.24) is 13.9 Å². The number of hydrogen-bond donors (Lipinski definition) is 1. The summed E-state index contributed by atoms with van der Waals surface area (Å²) in [5.74, 6) is 0. The molecule has 1 unspecified atom stereocenters. The quantitative estimate of drug-likeness (QED) is 0.760. The molecule has 0 aromatic heterocycles. The van der Waals surface area contributed by atoms with E-state index in [2.05, 4.69) is 9.62 Å². The highest BCUT2D eigenvalue weighted by atomic mass is 32.2. The molecule has 0 bridgehead atoms. The molecule has 2 heterocycles. The molecule has 7 heteroatoms. The molecule has 0 amide bonds. The van der Waals surface area contributed by atoms with E-state index in [1.54, 1.807) is 11.4 Å². The first-order chi connectivity index (χ1) is 10.3. The number of rotatable bonds is 7. The number of methoxy groups -OCH3 is 1. The van der Waals surface area contributed by atoms with Gasteiger partial charge in [0.15, 0.2) is 0 Å². The number of nitrogens with one attached hydrogen (secondary N) is 1. The smallest absolute Gasteiger partial charge is 0.280 e. The van der Waals surface area contributed by atoms with Crippen molar-refractivity contribution in [3.63, 3.8) is 0 Å². The van der Waals surface area contributed by atoms with Crippen LogP contribution in [0.5, 0.6) is 0 Å². The van der Waals surface area contributed by atoms with E-state index in [0.717, 1.165) is 32.5 Å². The van der Waals surface area contributed by atoms with E-state index >= 15 is 0 Å². The van der Waals surface area contributed by atoms with Gasteiger partial charge in [0, 0.05) is 31.8 Å². The van der Waals surface area contributed by atoms with Crippen molar-refractivity contribution < 1.29 is 13.2 Å². The van der Waals surface area contributed by atoms with E-state index in [4.69, 9.17) is 4.74 Å². The second kappa shape index (κ2) is 7.57. The van der Waals surface area contributed by atoms with Crippen LogP contribution in [0.4, 0.5) is 0 Å². The zero-order chi connectivity index (χ0) is 16.2. The molecule has 1 atom stereocenters. The Morgan fingerprint density at radius 2 is 1.82 bits per heavy atom. The Kier molecular flexibility index (Phi) is 6.24. The average molecular weight is 333 g/mol. The van der Waals surface area contributed by atoms with Crippen molar-refractivity contribution in [2.75, 3.05) is 39.9 Å². The van der Waals surface area contributed by atoms with Gasteiger partial charge in [-0.1, -0.05) is 6.42 Å². The molecule has 2 aliphatic heterocycles. The fraction of sp³-hybridized carbons (Fsp3) is 1.00. The van der Waals surface area contributed by atoms with Gasteiger partial charge >= 0.3 is 0 Å². The number of hydrogen-bond acceptors (Lipinski definition) is 4. The van der Waals surface area contributed by atoms with Gasteiger partial charge < -0.3 is 9.64 Å². The Balaban J connectivity index is 1.96. The highest BCUT2D eigenvalue weighted by molar-refractivity contribution is 7.87. The lowest BCUT2D eigenvalue weighted by molar-refractivity contribution is 0.146. The van der Waals surface area contributed by atoms with Gasteiger partial charge in [0.1, 0.15) is 0 Å². The van der Waals surface area contributed by atoms with Gasteiger partial charge in [-0.05, 0) is 52.6 Å². The van der Waals surface area contributed by atoms with Crippen LogP contribution in [0, 0.1) is 0 Å². The Hall–Kier alpha value is -0.210. The molecule has 0 spiro atoms. The number of ether oxygens (including phenoxy) is 1. The van der Waals surface area contributed by atoms with Crippen LogP contribution in [0.15, 0.2) is 0 Å². The van der Waals surface area contributed by atoms with E-state index in [-0.39, 0.29) is 6.04 Å². The number of piperidine rings is 1. The maximum Gasteiger partial charge on any atom is 0.280 e. The van der Waals surface area contributed by atoms with Crippen LogP contribution in [-0.2, 0) is 14.9 Å². The lowest BCUT2D eigenvalue weighted by atomic mass is 10.0. The largest absolute Gasteiger partial charge is 0.383 e. The highest BCUT2D eigenvalue weighted by Gasteiger charge is 2.37. The van der Waals surface area contributed by atoms with E-state index < -0.39 is 15.7 Å². The molecule has 0 aromatic rings. The topological polar surface area (TPSA) is 61.9 Å². The van der Waals surface area contributed by atoms with Crippen molar-refractivity contribution in [2.45, 2.75) is 57.5 Å². The lowest BCUT2D eigenvalue weighted by Crippen LogP contribution is -2.56. The molecule has 22 heavy (non-hydrogen) atoms. The zero-order valence-electron chi connectivity index (χ0n) is 14.2. The zero-order valence-corrected chi connectivity index (χ0v) is 15.0. The molecule has 0 aromatic carbocycles. The Bertz CT molecular complexity index is 447. The Morgan fingerprint density at radius 3 is 2.45 bits per heavy atom. The summed E-state index contributed by atoms with van der Waals surface area (Å²) in [5.41, 5.74) is -0.462. The monoisotopic (exact) mass is 333 g/mol. The summed E-state index contributed by atoms with van der Waals surface area (Å²) in [6.07, 6.45) is 5.49. The molecule has 0 aliphatic carbocycles. The third-order valence-electron chi connectivity index (χ3n) is 4.46. The van der Waals surface area contributed by atoms with Crippen molar-refractivity contribution in [1.29, 1.82) is 0 Å². The standard InChI is InChI=1S/C15H31N3O3S/c1-15(2,13-17-9-5-4-6-10-17)16-22(19,20)18-11-7-8-14(18)12-21-3/h14,16H,4-13H2,1-3H3. The summed E-state index contributed by atoms with van der Waals surface area (Å²) in [6, 6.07) is -0.0340. The fourth-order valence-electron chi connectivity index (χ4n) is 3.60. The minimum atomic E-state index is -3.46. The van der Waals surface area contributed by atoms with Gasteiger partial charge in [0.05, 0.1) is 6.61 Å². The molecule has 2 saturated heterocycles. The average Bonchev–Trinajstić information content (AvgIpc) is 2.87. The molecule has 0 radical (unpaired) electrons. The van der Waals surface area contributed by atoms with Crippen LogP contribution >= 0.6 is 0 Å². The summed E-state index contributed by atoms with van der Waals surface area (Å²) in [5, 5.41) is 0. The van der Waals surface area contributed by atoms with Gasteiger partial charge in [-0.3, -0.25) is 0 Å². The first-order valence-electron chi connectivity index (χ1n) is 8.36. The van der Waals surface area contributed by atoms with E-state index in [1.165, 1.54) is 19.3 Å². The minimum absolute atomic E-state index is 0.0340. The fourth-order valence-corrected chi connectivity index (χ4v) is 5.41. The molecule has 6 nitrogen and oxygen atoms in total. The molecule has 0 saturated carbocycles. The second-order valence-corrected chi connectivity index (χ2v) is 8.81. The molecule has 2 rings (SSSR count). The number of likely N-dealkylation sites (tertiary alicyclic amines) is 1. The summed E-state index contributed by atoms with van der Waals surface area (Å²) < 4.78 is 35.1. The summed E-state index contributed by atoms with van der Waals surface area (Å²) in [7, 11) is -1.84. The van der Waals surface area contributed by atoms with E-state index in [1.807, 2.05) is 13.8 Å². The van der Waals surface area contributed by atoms with Crippen molar-refractivity contribution in [3.05, 3.63) is 0 Å². The third kappa shape index (κ3) is 4.89. The predicted octanol–water partition coefficient (Wildman–Crippen LogP) is 1.20. The van der Waals surface area contributed by atoms with Crippen molar-refractivity contribution in [2.24, 2.45) is 0 Å². The van der Waals surface area contributed by atoms with Gasteiger partial charge in [-0.2, -0.15) is 17.4 Å². The molecule has 2 aliphatic rings. The highest BCUT2D eigenvalue weighted by Crippen LogP contribution is 2.22. The van der Waals surface area contributed by atoms with Crippen molar-refractivity contribution >= 4 is 10.2 Å². The third-order valence-corrected chi connectivity index (χ3v) is 6.37. The van der Waals surface area contributed by atoms with Crippen LogP contribution in [-0.4, -0.2) is 69.1 Å². The molecular formula is C15H31N3O3S. The second-order valence-electron chi connectivity index (χ2n) is 7.19. The van der Waals surface area contributed by atoms with E-state index in [9.17, 15) is 8.42 Å². The molecular weight excluding hydrogens is 302 g/mol.